The van der Waals surface area contributed by atoms with Crippen LogP contribution in [0.1, 0.15) is 28.9 Å². The molecule has 0 aromatic carbocycles. The Balaban J connectivity index is 4.95. The first-order chi connectivity index (χ1) is 5.06. The van der Waals surface area contributed by atoms with Gasteiger partial charge in [0.05, 0.1) is 5.60 Å². The average Bonchev–Trinajstić information content (AvgIpc) is 1.81. The minimum absolute atomic E-state index is 0.875. The zero-order chi connectivity index (χ0) is 10.2. The van der Waals surface area contributed by atoms with Crippen LogP contribution in [-0.4, -0.2) is 12.1 Å². The van der Waals surface area contributed by atoms with Crippen molar-refractivity contribution in [1.82, 2.24) is 0 Å². The van der Waals surface area contributed by atoms with E-state index in [4.69, 9.17) is 9.66 Å². The van der Waals surface area contributed by atoms with Gasteiger partial charge in [-0.25, -0.2) is 0 Å². The Labute approximate surface area is 42.5 Å². The lowest BCUT2D eigenvalue weighted by atomic mass is 10.2. The fraction of sp³-hybridized carbons (Fsp3) is 1.00. The van der Waals surface area contributed by atoms with Crippen LogP contribution in [0.4, 0.5) is 0 Å². The molecule has 0 amide bonds. The molecule has 1 nitrogen and oxygen atoms in total. The summed E-state index contributed by atoms with van der Waals surface area (Å²) in [5.74, 6) is 0. The summed E-state index contributed by atoms with van der Waals surface area (Å²) < 4.78 is 47.7. The number of aliphatic hydroxyl groups is 1. The van der Waals surface area contributed by atoms with E-state index < -0.39 is 19.3 Å². The second-order valence-corrected chi connectivity index (χ2v) is 1.03. The molecule has 0 aliphatic rings. The van der Waals surface area contributed by atoms with Gasteiger partial charge in [0.1, 0.15) is 0 Å². The molecule has 0 saturated heterocycles. The Bertz CT molecular complexity index is 142. The van der Waals surface area contributed by atoms with E-state index in [2.05, 4.69) is 5.11 Å². The van der Waals surface area contributed by atoms with Crippen molar-refractivity contribution >= 4 is 0 Å². The Morgan fingerprint density at radius 1 is 2.00 bits per heavy atom. The van der Waals surface area contributed by atoms with Gasteiger partial charge in [0.2, 0.25) is 1.43 Å². The van der Waals surface area contributed by atoms with Gasteiger partial charge in [-0.15, -0.1) is 0 Å². The lowest BCUT2D eigenvalue weighted by Gasteiger charge is -2.04. The largest absolute Gasteiger partial charge is 0.391 e. The standard InChI is InChI=1S/C4H10O/c1-4(2,3)5/h5H,1-3H3/i1D3,2D3,5D. The van der Waals surface area contributed by atoms with Crippen LogP contribution in [0.2, 0.25) is 0 Å². The molecule has 0 unspecified atom stereocenters. The summed E-state index contributed by atoms with van der Waals surface area (Å²) in [4.78, 5) is 0. The molecule has 0 saturated carbocycles. The molecule has 0 radical (unpaired) electrons. The second kappa shape index (κ2) is 0.977. The minimum Gasteiger partial charge on any atom is -0.391 e. The van der Waals surface area contributed by atoms with E-state index in [0.29, 0.717) is 0 Å². The molecule has 0 bridgehead atoms. The monoisotopic (exact) mass is 81.1 g/mol. The van der Waals surface area contributed by atoms with Crippen LogP contribution in [0, 0.1) is 0 Å². The van der Waals surface area contributed by atoms with Crippen LogP contribution in [0.15, 0.2) is 0 Å². The third-order valence-corrected chi connectivity index (χ3v) is 0. The first kappa shape index (κ1) is 0.648. The van der Waals surface area contributed by atoms with E-state index in [1.54, 1.807) is 0 Å². The molecular weight excluding hydrogens is 64.0 g/mol. The summed E-state index contributed by atoms with van der Waals surface area (Å²) in [5, 5.41) is 3.79. The Hall–Kier alpha value is -0.0400. The molecule has 0 aliphatic carbocycles. The summed E-state index contributed by atoms with van der Waals surface area (Å²) in [6, 6.07) is 0. The van der Waals surface area contributed by atoms with Crippen LogP contribution >= 0.6 is 0 Å². The van der Waals surface area contributed by atoms with Gasteiger partial charge in [-0.1, -0.05) is 0 Å². The van der Waals surface area contributed by atoms with Gasteiger partial charge in [0.25, 0.3) is 0 Å². The molecule has 1 heteroatoms. The molecule has 0 spiro atoms. The number of rotatable bonds is 0. The van der Waals surface area contributed by atoms with Gasteiger partial charge in [-0.05, 0) is 20.6 Å². The highest BCUT2D eigenvalue weighted by atomic mass is 16.3. The van der Waals surface area contributed by atoms with Crippen molar-refractivity contribution < 1.29 is 13.3 Å². The molecular formula is C4H10O. The lowest BCUT2D eigenvalue weighted by molar-refractivity contribution is 0.102. The molecule has 0 aromatic heterocycles. The maximum atomic E-state index is 6.87. The first-order valence-corrected chi connectivity index (χ1v) is 1.20. The third-order valence-electron chi connectivity index (χ3n) is 0. The SMILES string of the molecule is [2H]OC(C)(C([2H])([2H])[2H])C([2H])([2H])[2H]. The summed E-state index contributed by atoms with van der Waals surface area (Å²) >= 11 is 0. The predicted octanol–water partition coefficient (Wildman–Crippen LogP) is 0.777. The van der Waals surface area contributed by atoms with E-state index in [1.165, 1.54) is 0 Å². The molecule has 5 heavy (non-hydrogen) atoms. The number of hydrogen-bond donors (Lipinski definition) is 1. The zero-order valence-corrected chi connectivity index (χ0v) is 2.91. The maximum Gasteiger partial charge on any atom is 0.211 e. The lowest BCUT2D eigenvalue weighted by Crippen LogP contribution is -2.10. The highest BCUT2D eigenvalue weighted by Gasteiger charge is 1.97. The molecule has 0 heterocycles. The van der Waals surface area contributed by atoms with Gasteiger partial charge in [-0.2, -0.15) is 0 Å². The summed E-state index contributed by atoms with van der Waals surface area (Å²) in [5.41, 5.74) is -2.42. The molecule has 0 aromatic rings. The molecule has 0 rings (SSSR count). The molecule has 0 atom stereocenters. The van der Waals surface area contributed by atoms with Crippen molar-refractivity contribution in [3.05, 3.63) is 0 Å². The fourth-order valence-corrected chi connectivity index (χ4v) is 0. The van der Waals surface area contributed by atoms with Gasteiger partial charge in [0, 0.05) is 8.22 Å². The maximum absolute atomic E-state index is 6.87. The van der Waals surface area contributed by atoms with Gasteiger partial charge in [0.15, 0.2) is 0 Å². The molecule has 0 aliphatic heterocycles. The molecule has 0 fully saturated rings. The second-order valence-electron chi connectivity index (χ2n) is 1.03. The predicted molar refractivity (Wildman–Crippen MR) is 22.0 cm³/mol. The van der Waals surface area contributed by atoms with Gasteiger partial charge in [-0.3, -0.25) is 0 Å². The Kier molecular flexibility index (Phi) is 0.126. The summed E-state index contributed by atoms with van der Waals surface area (Å²) in [7, 11) is 0. The molecule has 1 N–H and O–H groups in total. The van der Waals surface area contributed by atoms with Crippen molar-refractivity contribution in [2.45, 2.75) is 26.2 Å². The van der Waals surface area contributed by atoms with Gasteiger partial charge < -0.3 is 5.11 Å². The van der Waals surface area contributed by atoms with E-state index in [9.17, 15) is 0 Å². The van der Waals surface area contributed by atoms with Crippen molar-refractivity contribution in [2.75, 3.05) is 0 Å². The van der Waals surface area contributed by atoms with Crippen LogP contribution in [-0.2, 0) is 0 Å². The van der Waals surface area contributed by atoms with Crippen LogP contribution in [0.3, 0.4) is 0 Å². The van der Waals surface area contributed by atoms with E-state index in [0.717, 1.165) is 6.92 Å². The quantitative estimate of drug-likeness (QED) is 0.457. The van der Waals surface area contributed by atoms with Crippen molar-refractivity contribution in [3.63, 3.8) is 0 Å². The smallest absolute Gasteiger partial charge is 0.211 e. The first-order valence-electron chi connectivity index (χ1n) is 4.61. The Morgan fingerprint density at radius 3 is 2.60 bits per heavy atom. The summed E-state index contributed by atoms with van der Waals surface area (Å²) in [6.07, 6.45) is 0. The third kappa shape index (κ3) is 9510. The normalized spacial score (nSPS) is 37.4. The van der Waals surface area contributed by atoms with Crippen molar-refractivity contribution in [2.24, 2.45) is 0 Å². The summed E-state index contributed by atoms with van der Waals surface area (Å²) in [6.45, 7) is -4.79. The fourth-order valence-electron chi connectivity index (χ4n) is 0. The van der Waals surface area contributed by atoms with Crippen LogP contribution in [0.25, 0.3) is 0 Å². The highest BCUT2D eigenvalue weighted by Crippen LogP contribution is 1.93. The highest BCUT2D eigenvalue weighted by molar-refractivity contribution is 4.50. The van der Waals surface area contributed by atoms with Crippen molar-refractivity contribution in [3.8, 4) is 0 Å². The van der Waals surface area contributed by atoms with Gasteiger partial charge >= 0.3 is 0 Å². The molecule has 32 valence electrons. The van der Waals surface area contributed by atoms with Crippen LogP contribution < -0.4 is 0 Å². The van der Waals surface area contributed by atoms with E-state index in [-0.39, 0.29) is 0 Å². The van der Waals surface area contributed by atoms with Crippen LogP contribution in [0.5, 0.6) is 0 Å². The number of hydrogen-bond acceptors (Lipinski definition) is 1. The average molecular weight is 81.2 g/mol. The topological polar surface area (TPSA) is 20.2 Å². The zero-order valence-electron chi connectivity index (χ0n) is 9.91. The van der Waals surface area contributed by atoms with E-state index >= 15 is 0 Å². The minimum atomic E-state index is -2.83. The van der Waals surface area contributed by atoms with E-state index in [1.807, 2.05) is 0 Å². The van der Waals surface area contributed by atoms with Crippen molar-refractivity contribution in [1.29, 1.82) is 1.43 Å². The Morgan fingerprint density at radius 2 is 2.60 bits per heavy atom.